The average molecular weight is 428 g/mol. The Morgan fingerprint density at radius 2 is 1.97 bits per heavy atom. The van der Waals surface area contributed by atoms with Crippen LogP contribution in [0.1, 0.15) is 21.7 Å². The number of rotatable bonds is 5. The van der Waals surface area contributed by atoms with E-state index in [9.17, 15) is 4.79 Å². The van der Waals surface area contributed by atoms with E-state index in [4.69, 9.17) is 4.74 Å². The van der Waals surface area contributed by atoms with E-state index in [2.05, 4.69) is 36.4 Å². The highest BCUT2D eigenvalue weighted by molar-refractivity contribution is 6.11. The van der Waals surface area contributed by atoms with E-state index in [1.54, 1.807) is 6.20 Å². The Hall–Kier alpha value is -3.62. The molecule has 0 spiro atoms. The summed E-state index contributed by atoms with van der Waals surface area (Å²) < 4.78 is 5.43. The molecular formula is C24H24N6O2. The van der Waals surface area contributed by atoms with Gasteiger partial charge in [-0.25, -0.2) is 0 Å². The van der Waals surface area contributed by atoms with Crippen molar-refractivity contribution in [2.45, 2.75) is 13.5 Å². The molecule has 0 bridgehead atoms. The highest BCUT2D eigenvalue weighted by Crippen LogP contribution is 2.26. The molecule has 1 amide bonds. The average Bonchev–Trinajstić information content (AvgIpc) is 3.25. The van der Waals surface area contributed by atoms with Crippen molar-refractivity contribution in [2.75, 3.05) is 31.6 Å². The molecule has 0 unspecified atom stereocenters. The van der Waals surface area contributed by atoms with Crippen LogP contribution in [0.25, 0.3) is 22.0 Å². The standard InChI is InChI=1S/C24H24N6O2/c1-16-2-4-20(14-26-16)27-24(31)23-21-11-18(3-5-22(21)28-29-23)19-10-17(12-25-13-19)15-30-6-8-32-9-7-30/h2-5,10-14H,6-9,15H2,1H3,(H,27,31)(H,28,29). The van der Waals surface area contributed by atoms with Gasteiger partial charge in [0.1, 0.15) is 0 Å². The fraction of sp³-hybridized carbons (Fsp3) is 0.250. The number of aromatic nitrogens is 4. The van der Waals surface area contributed by atoms with E-state index < -0.39 is 0 Å². The molecule has 0 saturated carbocycles. The number of carbonyl (C=O) groups excluding carboxylic acids is 1. The molecule has 8 heteroatoms. The zero-order chi connectivity index (χ0) is 21.9. The molecule has 4 aromatic rings. The molecule has 1 aromatic carbocycles. The molecule has 8 nitrogen and oxygen atoms in total. The van der Waals surface area contributed by atoms with Crippen molar-refractivity contribution in [3.8, 4) is 11.1 Å². The van der Waals surface area contributed by atoms with Gasteiger partial charge in [0.15, 0.2) is 5.69 Å². The second kappa shape index (κ2) is 8.86. The van der Waals surface area contributed by atoms with Crippen LogP contribution in [0, 0.1) is 6.92 Å². The number of ether oxygens (including phenoxy) is 1. The number of morpholine rings is 1. The lowest BCUT2D eigenvalue weighted by atomic mass is 10.0. The predicted molar refractivity (Wildman–Crippen MR) is 122 cm³/mol. The smallest absolute Gasteiger partial charge is 0.276 e. The Labute approximate surface area is 185 Å². The summed E-state index contributed by atoms with van der Waals surface area (Å²) in [5, 5.41) is 10.8. The first-order valence-electron chi connectivity index (χ1n) is 10.6. The largest absolute Gasteiger partial charge is 0.379 e. The molecular weight excluding hydrogens is 404 g/mol. The Balaban J connectivity index is 1.40. The summed E-state index contributed by atoms with van der Waals surface area (Å²) in [5.41, 5.74) is 5.82. The minimum absolute atomic E-state index is 0.279. The third-order valence-corrected chi connectivity index (χ3v) is 5.59. The van der Waals surface area contributed by atoms with Crippen LogP contribution in [0.4, 0.5) is 5.69 Å². The number of H-pyrrole nitrogens is 1. The first kappa shape index (κ1) is 20.3. The molecule has 5 rings (SSSR count). The third kappa shape index (κ3) is 4.37. The maximum absolute atomic E-state index is 12.8. The quantitative estimate of drug-likeness (QED) is 0.506. The Kier molecular flexibility index (Phi) is 5.62. The van der Waals surface area contributed by atoms with Crippen molar-refractivity contribution >= 4 is 22.5 Å². The summed E-state index contributed by atoms with van der Waals surface area (Å²) in [5.74, 6) is -0.279. The summed E-state index contributed by atoms with van der Waals surface area (Å²) in [7, 11) is 0. The minimum atomic E-state index is -0.279. The molecule has 1 aliphatic heterocycles. The van der Waals surface area contributed by atoms with Gasteiger partial charge in [0.2, 0.25) is 0 Å². The van der Waals surface area contributed by atoms with Crippen molar-refractivity contribution in [1.29, 1.82) is 0 Å². The highest BCUT2D eigenvalue weighted by atomic mass is 16.5. The number of benzene rings is 1. The van der Waals surface area contributed by atoms with Crippen molar-refractivity contribution in [1.82, 2.24) is 25.1 Å². The van der Waals surface area contributed by atoms with Gasteiger partial charge in [0.05, 0.1) is 30.6 Å². The topological polar surface area (TPSA) is 96.0 Å². The van der Waals surface area contributed by atoms with Gasteiger partial charge < -0.3 is 10.1 Å². The van der Waals surface area contributed by atoms with Crippen LogP contribution >= 0.6 is 0 Å². The molecule has 3 aromatic heterocycles. The monoisotopic (exact) mass is 428 g/mol. The maximum atomic E-state index is 12.8. The van der Waals surface area contributed by atoms with Gasteiger partial charge in [-0.1, -0.05) is 6.07 Å². The Morgan fingerprint density at radius 1 is 1.09 bits per heavy atom. The lowest BCUT2D eigenvalue weighted by Gasteiger charge is -2.26. The minimum Gasteiger partial charge on any atom is -0.379 e. The van der Waals surface area contributed by atoms with Crippen LogP contribution in [0.2, 0.25) is 0 Å². The van der Waals surface area contributed by atoms with Crippen molar-refractivity contribution in [2.24, 2.45) is 0 Å². The second-order valence-electron chi connectivity index (χ2n) is 7.95. The van der Waals surface area contributed by atoms with Crippen LogP contribution in [0.5, 0.6) is 0 Å². The van der Waals surface area contributed by atoms with E-state index >= 15 is 0 Å². The normalized spacial score (nSPS) is 14.5. The van der Waals surface area contributed by atoms with E-state index in [0.717, 1.165) is 66.1 Å². The molecule has 1 aliphatic rings. The molecule has 1 saturated heterocycles. The maximum Gasteiger partial charge on any atom is 0.276 e. The van der Waals surface area contributed by atoms with E-state index in [0.29, 0.717) is 11.4 Å². The van der Waals surface area contributed by atoms with Gasteiger partial charge in [-0.3, -0.25) is 24.8 Å². The van der Waals surface area contributed by atoms with Crippen LogP contribution < -0.4 is 5.32 Å². The van der Waals surface area contributed by atoms with E-state index in [1.807, 2.05) is 49.6 Å². The SMILES string of the molecule is Cc1ccc(NC(=O)c2n[nH]c3ccc(-c4cncc(CN5CCOCC5)c4)cc23)cn1. The fourth-order valence-electron chi connectivity index (χ4n) is 3.85. The van der Waals surface area contributed by atoms with Gasteiger partial charge in [0.25, 0.3) is 5.91 Å². The molecule has 0 radical (unpaired) electrons. The number of nitrogens with one attached hydrogen (secondary N) is 2. The molecule has 0 atom stereocenters. The van der Waals surface area contributed by atoms with Crippen LogP contribution in [0.3, 0.4) is 0 Å². The number of aryl methyl sites for hydroxylation is 1. The van der Waals surface area contributed by atoms with Gasteiger partial charge in [-0.05, 0) is 48.4 Å². The lowest BCUT2D eigenvalue weighted by molar-refractivity contribution is 0.0341. The predicted octanol–water partition coefficient (Wildman–Crippen LogP) is 3.41. The number of pyridine rings is 2. The summed E-state index contributed by atoms with van der Waals surface area (Å²) in [6, 6.07) is 11.8. The number of fused-ring (bicyclic) bond motifs is 1. The van der Waals surface area contributed by atoms with Crippen molar-refractivity contribution in [3.63, 3.8) is 0 Å². The van der Waals surface area contributed by atoms with Gasteiger partial charge >= 0.3 is 0 Å². The zero-order valence-electron chi connectivity index (χ0n) is 17.8. The fourth-order valence-corrected chi connectivity index (χ4v) is 3.85. The third-order valence-electron chi connectivity index (χ3n) is 5.59. The van der Waals surface area contributed by atoms with Crippen LogP contribution in [-0.4, -0.2) is 57.3 Å². The number of aromatic amines is 1. The molecule has 2 N–H and O–H groups in total. The van der Waals surface area contributed by atoms with Crippen LogP contribution in [-0.2, 0) is 11.3 Å². The zero-order valence-corrected chi connectivity index (χ0v) is 17.8. The number of anilines is 1. The summed E-state index contributed by atoms with van der Waals surface area (Å²) in [6.07, 6.45) is 5.39. The number of hydrogen-bond donors (Lipinski definition) is 2. The first-order valence-corrected chi connectivity index (χ1v) is 10.6. The van der Waals surface area contributed by atoms with Gasteiger partial charge in [-0.15, -0.1) is 0 Å². The van der Waals surface area contributed by atoms with Gasteiger partial charge in [0, 0.05) is 48.7 Å². The number of nitrogens with zero attached hydrogens (tertiary/aromatic N) is 4. The lowest BCUT2D eigenvalue weighted by Crippen LogP contribution is -2.35. The number of carbonyl (C=O) groups is 1. The molecule has 0 aliphatic carbocycles. The van der Waals surface area contributed by atoms with Crippen molar-refractivity contribution < 1.29 is 9.53 Å². The molecule has 162 valence electrons. The Morgan fingerprint density at radius 3 is 2.78 bits per heavy atom. The second-order valence-corrected chi connectivity index (χ2v) is 7.95. The van der Waals surface area contributed by atoms with Crippen LogP contribution in [0.15, 0.2) is 55.0 Å². The number of amides is 1. The van der Waals surface area contributed by atoms with E-state index in [-0.39, 0.29) is 5.91 Å². The highest BCUT2D eigenvalue weighted by Gasteiger charge is 2.16. The Bertz CT molecular complexity index is 1250. The molecule has 32 heavy (non-hydrogen) atoms. The first-order chi connectivity index (χ1) is 15.7. The van der Waals surface area contributed by atoms with E-state index in [1.165, 1.54) is 0 Å². The van der Waals surface area contributed by atoms with Gasteiger partial charge in [-0.2, -0.15) is 5.10 Å². The summed E-state index contributed by atoms with van der Waals surface area (Å²) >= 11 is 0. The molecule has 4 heterocycles. The summed E-state index contributed by atoms with van der Waals surface area (Å²) in [6.45, 7) is 6.15. The summed E-state index contributed by atoms with van der Waals surface area (Å²) in [4.78, 5) is 23.9. The van der Waals surface area contributed by atoms with Crippen molar-refractivity contribution in [3.05, 3.63) is 71.9 Å². The number of hydrogen-bond acceptors (Lipinski definition) is 6. The molecule has 1 fully saturated rings.